The molecule has 0 aliphatic carbocycles. The highest BCUT2D eigenvalue weighted by Crippen LogP contribution is 2.32. The van der Waals surface area contributed by atoms with E-state index >= 15 is 0 Å². The number of anilines is 1. The Kier molecular flexibility index (Phi) is 6.66. The molecule has 4 nitrogen and oxygen atoms in total. The van der Waals surface area contributed by atoms with Crippen molar-refractivity contribution in [3.8, 4) is 0 Å². The first-order valence-corrected chi connectivity index (χ1v) is 10.4. The number of carbonyl (C=O) groups is 1. The standard InChI is InChI=1S/C16H9Cl4N3OS2/c17-9-3-4-12(19)11(5-9)14(24)21-15-22-23-16(26-15)25-7-8-1-2-10(18)6-13(8)20/h1-6H,7H2,(H,21,22,24). The van der Waals surface area contributed by atoms with Crippen molar-refractivity contribution in [1.29, 1.82) is 0 Å². The van der Waals surface area contributed by atoms with E-state index in [1.54, 1.807) is 24.3 Å². The second-order valence-electron chi connectivity index (χ2n) is 4.98. The van der Waals surface area contributed by atoms with Crippen LogP contribution < -0.4 is 5.32 Å². The number of hydrogen-bond acceptors (Lipinski definition) is 5. The SMILES string of the molecule is O=C(Nc1nnc(SCc2ccc(Cl)cc2Cl)s1)c1cc(Cl)ccc1Cl. The number of nitrogens with one attached hydrogen (secondary N) is 1. The summed E-state index contributed by atoms with van der Waals surface area (Å²) in [6.07, 6.45) is 0. The maximum atomic E-state index is 12.3. The van der Waals surface area contributed by atoms with Gasteiger partial charge in [0, 0.05) is 20.8 Å². The number of hydrogen-bond donors (Lipinski definition) is 1. The number of nitrogens with zero attached hydrogens (tertiary/aromatic N) is 2. The third kappa shape index (κ3) is 5.03. The van der Waals surface area contributed by atoms with Gasteiger partial charge in [-0.1, -0.05) is 75.6 Å². The van der Waals surface area contributed by atoms with Crippen LogP contribution in [0.2, 0.25) is 20.1 Å². The Balaban J connectivity index is 1.64. The van der Waals surface area contributed by atoms with Gasteiger partial charge in [0.05, 0.1) is 10.6 Å². The lowest BCUT2D eigenvalue weighted by Gasteiger charge is -2.04. The van der Waals surface area contributed by atoms with Crippen molar-refractivity contribution in [3.63, 3.8) is 0 Å². The van der Waals surface area contributed by atoms with Gasteiger partial charge >= 0.3 is 0 Å². The number of carbonyl (C=O) groups excluding carboxylic acids is 1. The molecule has 0 saturated carbocycles. The number of halogens is 4. The minimum Gasteiger partial charge on any atom is -0.296 e. The van der Waals surface area contributed by atoms with E-state index in [-0.39, 0.29) is 5.56 Å². The summed E-state index contributed by atoms with van der Waals surface area (Å²) in [4.78, 5) is 12.3. The van der Waals surface area contributed by atoms with E-state index in [2.05, 4.69) is 15.5 Å². The van der Waals surface area contributed by atoms with Crippen molar-refractivity contribution >= 4 is 80.5 Å². The van der Waals surface area contributed by atoms with Crippen molar-refractivity contribution in [3.05, 3.63) is 67.6 Å². The van der Waals surface area contributed by atoms with Crippen molar-refractivity contribution in [1.82, 2.24) is 10.2 Å². The number of thioether (sulfide) groups is 1. The third-order valence-corrected chi connectivity index (χ3v) is 6.34. The van der Waals surface area contributed by atoms with E-state index < -0.39 is 5.91 Å². The Morgan fingerprint density at radius 3 is 2.50 bits per heavy atom. The first-order valence-electron chi connectivity index (χ1n) is 7.09. The summed E-state index contributed by atoms with van der Waals surface area (Å²) >= 11 is 26.7. The van der Waals surface area contributed by atoms with Crippen LogP contribution in [0.25, 0.3) is 0 Å². The van der Waals surface area contributed by atoms with Crippen LogP contribution in [0.1, 0.15) is 15.9 Å². The highest BCUT2D eigenvalue weighted by molar-refractivity contribution is 8.00. The Bertz CT molecular complexity index is 964. The average Bonchev–Trinajstić information content (AvgIpc) is 3.03. The van der Waals surface area contributed by atoms with Gasteiger partial charge < -0.3 is 0 Å². The summed E-state index contributed by atoms with van der Waals surface area (Å²) < 4.78 is 0.698. The minimum atomic E-state index is -0.397. The zero-order chi connectivity index (χ0) is 18.7. The number of rotatable bonds is 5. The normalized spacial score (nSPS) is 10.8. The quantitative estimate of drug-likeness (QED) is 0.337. The highest BCUT2D eigenvalue weighted by Gasteiger charge is 2.14. The number of amides is 1. The number of benzene rings is 2. The number of aromatic nitrogens is 2. The van der Waals surface area contributed by atoms with Crippen molar-refractivity contribution in [2.75, 3.05) is 5.32 Å². The minimum absolute atomic E-state index is 0.275. The smallest absolute Gasteiger partial charge is 0.259 e. The van der Waals surface area contributed by atoms with Crippen LogP contribution in [0, 0.1) is 0 Å². The van der Waals surface area contributed by atoms with E-state index in [1.165, 1.54) is 29.2 Å². The van der Waals surface area contributed by atoms with Crippen LogP contribution >= 0.6 is 69.5 Å². The van der Waals surface area contributed by atoms with Gasteiger partial charge in [-0.15, -0.1) is 10.2 Å². The molecule has 10 heteroatoms. The molecule has 2 aromatic carbocycles. The molecule has 0 spiro atoms. The summed E-state index contributed by atoms with van der Waals surface area (Å²) in [5.74, 6) is 0.213. The fraction of sp³-hybridized carbons (Fsp3) is 0.0625. The first-order chi connectivity index (χ1) is 12.4. The van der Waals surface area contributed by atoms with Gasteiger partial charge in [0.2, 0.25) is 5.13 Å². The van der Waals surface area contributed by atoms with Gasteiger partial charge in [-0.3, -0.25) is 10.1 Å². The second-order valence-corrected chi connectivity index (χ2v) is 8.86. The molecule has 0 aliphatic heterocycles. The van der Waals surface area contributed by atoms with Crippen LogP contribution in [0.3, 0.4) is 0 Å². The summed E-state index contributed by atoms with van der Waals surface area (Å²) in [6, 6.07) is 10.0. The Labute approximate surface area is 177 Å². The molecule has 134 valence electrons. The molecule has 0 unspecified atom stereocenters. The molecule has 1 amide bonds. The molecular formula is C16H9Cl4N3OS2. The van der Waals surface area contributed by atoms with Crippen LogP contribution in [-0.4, -0.2) is 16.1 Å². The summed E-state index contributed by atoms with van der Waals surface area (Å²) in [6.45, 7) is 0. The van der Waals surface area contributed by atoms with Gasteiger partial charge in [0.1, 0.15) is 0 Å². The molecule has 0 radical (unpaired) electrons. The summed E-state index contributed by atoms with van der Waals surface area (Å²) in [7, 11) is 0. The van der Waals surface area contributed by atoms with E-state index in [1.807, 2.05) is 6.07 Å². The zero-order valence-electron chi connectivity index (χ0n) is 12.8. The Morgan fingerprint density at radius 2 is 1.73 bits per heavy atom. The third-order valence-electron chi connectivity index (χ3n) is 3.17. The molecule has 1 N–H and O–H groups in total. The maximum Gasteiger partial charge on any atom is 0.259 e. The van der Waals surface area contributed by atoms with Gasteiger partial charge in [0.15, 0.2) is 4.34 Å². The lowest BCUT2D eigenvalue weighted by molar-refractivity contribution is 0.102. The Hall–Kier alpha value is -1.02. The fourth-order valence-electron chi connectivity index (χ4n) is 1.93. The van der Waals surface area contributed by atoms with E-state index in [9.17, 15) is 4.79 Å². The van der Waals surface area contributed by atoms with Gasteiger partial charge in [-0.05, 0) is 35.9 Å². The topological polar surface area (TPSA) is 54.9 Å². The molecule has 0 fully saturated rings. The van der Waals surface area contributed by atoms with Crippen LogP contribution in [0.15, 0.2) is 40.7 Å². The lowest BCUT2D eigenvalue weighted by atomic mass is 10.2. The van der Waals surface area contributed by atoms with Gasteiger partial charge in [-0.25, -0.2) is 0 Å². The molecule has 26 heavy (non-hydrogen) atoms. The monoisotopic (exact) mass is 463 g/mol. The van der Waals surface area contributed by atoms with Gasteiger partial charge in [0.25, 0.3) is 5.91 Å². The first kappa shape index (κ1) is 19.7. The molecule has 0 saturated heterocycles. The molecular weight excluding hydrogens is 456 g/mol. The van der Waals surface area contributed by atoms with Crippen molar-refractivity contribution in [2.45, 2.75) is 10.1 Å². The van der Waals surface area contributed by atoms with Gasteiger partial charge in [-0.2, -0.15) is 0 Å². The largest absolute Gasteiger partial charge is 0.296 e. The van der Waals surface area contributed by atoms with Crippen LogP contribution in [0.4, 0.5) is 5.13 Å². The highest BCUT2D eigenvalue weighted by atomic mass is 35.5. The second kappa shape index (κ2) is 8.78. The molecule has 0 bridgehead atoms. The molecule has 1 heterocycles. The van der Waals surface area contributed by atoms with E-state index in [0.717, 1.165) is 5.56 Å². The van der Waals surface area contributed by atoms with Crippen molar-refractivity contribution in [2.24, 2.45) is 0 Å². The average molecular weight is 465 g/mol. The molecule has 3 rings (SSSR count). The predicted octanol–water partition coefficient (Wildman–Crippen LogP) is 6.70. The summed E-state index contributed by atoms with van der Waals surface area (Å²) in [5, 5.41) is 13.0. The molecule has 0 aliphatic rings. The predicted molar refractivity (Wildman–Crippen MR) is 110 cm³/mol. The maximum absolute atomic E-state index is 12.3. The van der Waals surface area contributed by atoms with E-state index in [4.69, 9.17) is 46.4 Å². The van der Waals surface area contributed by atoms with E-state index in [0.29, 0.717) is 35.3 Å². The molecule has 0 atom stereocenters. The van der Waals surface area contributed by atoms with Crippen molar-refractivity contribution < 1.29 is 4.79 Å². The molecule has 3 aromatic rings. The zero-order valence-corrected chi connectivity index (χ0v) is 17.5. The Morgan fingerprint density at radius 1 is 1.00 bits per heavy atom. The molecule has 1 aromatic heterocycles. The fourth-order valence-corrected chi connectivity index (χ4v) is 4.61. The van der Waals surface area contributed by atoms with Crippen LogP contribution in [-0.2, 0) is 5.75 Å². The summed E-state index contributed by atoms with van der Waals surface area (Å²) in [5.41, 5.74) is 1.21. The lowest BCUT2D eigenvalue weighted by Crippen LogP contribution is -2.12. The van der Waals surface area contributed by atoms with Crippen LogP contribution in [0.5, 0.6) is 0 Å².